The topological polar surface area (TPSA) is 88.7 Å². The summed E-state index contributed by atoms with van der Waals surface area (Å²) in [6, 6.07) is 21.9. The van der Waals surface area contributed by atoms with E-state index < -0.39 is 0 Å². The highest BCUT2D eigenvalue weighted by Crippen LogP contribution is 2.17. The van der Waals surface area contributed by atoms with Crippen molar-refractivity contribution in [1.82, 2.24) is 5.32 Å². The molecule has 0 aromatic heterocycles. The average molecular weight is 434 g/mol. The van der Waals surface area contributed by atoms with Crippen LogP contribution in [0.1, 0.15) is 15.9 Å². The first-order valence-electron chi connectivity index (χ1n) is 10.3. The maximum absolute atomic E-state index is 12.4. The molecule has 0 spiro atoms. The summed E-state index contributed by atoms with van der Waals surface area (Å²) in [5.41, 5.74) is 3.10. The number of hydrogen-bond donors (Lipinski definition) is 3. The Morgan fingerprint density at radius 2 is 1.31 bits per heavy atom. The molecule has 0 unspecified atom stereocenters. The highest BCUT2D eigenvalue weighted by molar-refractivity contribution is 6.04. The molecule has 0 aliphatic heterocycles. The second kappa shape index (κ2) is 11.4. The summed E-state index contributed by atoms with van der Waals surface area (Å²) in [6.45, 7) is 0.706. The molecule has 0 saturated heterocycles. The van der Waals surface area contributed by atoms with Crippen LogP contribution in [0.4, 0.5) is 11.4 Å². The summed E-state index contributed by atoms with van der Waals surface area (Å²) in [6.07, 6.45) is 0.744. The molecule has 0 bridgehead atoms. The summed E-state index contributed by atoms with van der Waals surface area (Å²) in [4.78, 5) is 24.4. The van der Waals surface area contributed by atoms with Gasteiger partial charge in [0, 0.05) is 23.5 Å². The Kier molecular flexibility index (Phi) is 8.09. The van der Waals surface area contributed by atoms with Gasteiger partial charge in [-0.05, 0) is 72.6 Å². The fraction of sp³-hybridized carbons (Fsp3) is 0.200. The average Bonchev–Trinajstić information content (AvgIpc) is 2.84. The van der Waals surface area contributed by atoms with Crippen molar-refractivity contribution in [3.05, 3.63) is 83.9 Å². The van der Waals surface area contributed by atoms with Gasteiger partial charge in [0.1, 0.15) is 11.5 Å². The van der Waals surface area contributed by atoms with Crippen LogP contribution in [-0.4, -0.2) is 39.1 Å². The van der Waals surface area contributed by atoms with E-state index in [2.05, 4.69) is 16.0 Å². The van der Waals surface area contributed by atoms with E-state index in [-0.39, 0.29) is 18.4 Å². The van der Waals surface area contributed by atoms with E-state index in [9.17, 15) is 9.59 Å². The number of hydrogen-bond acceptors (Lipinski definition) is 5. The quantitative estimate of drug-likeness (QED) is 0.453. The van der Waals surface area contributed by atoms with Gasteiger partial charge in [-0.1, -0.05) is 12.1 Å². The van der Waals surface area contributed by atoms with E-state index in [1.165, 1.54) is 0 Å². The molecule has 2 amide bonds. The Morgan fingerprint density at radius 1 is 0.750 bits per heavy atom. The van der Waals surface area contributed by atoms with Gasteiger partial charge in [0.2, 0.25) is 5.91 Å². The molecule has 0 radical (unpaired) electrons. The lowest BCUT2D eigenvalue weighted by Gasteiger charge is -2.10. The first-order chi connectivity index (χ1) is 15.6. The van der Waals surface area contributed by atoms with Gasteiger partial charge in [-0.2, -0.15) is 0 Å². The Morgan fingerprint density at radius 3 is 1.91 bits per heavy atom. The minimum absolute atomic E-state index is 0.0974. The summed E-state index contributed by atoms with van der Waals surface area (Å²) < 4.78 is 10.2. The molecule has 0 aliphatic carbocycles. The highest BCUT2D eigenvalue weighted by atomic mass is 16.5. The van der Waals surface area contributed by atoms with Gasteiger partial charge in [0.25, 0.3) is 5.91 Å². The van der Waals surface area contributed by atoms with E-state index in [4.69, 9.17) is 9.47 Å². The summed E-state index contributed by atoms with van der Waals surface area (Å²) >= 11 is 0. The molecule has 3 rings (SSSR count). The van der Waals surface area contributed by atoms with Crippen LogP contribution in [0.25, 0.3) is 0 Å². The summed E-state index contributed by atoms with van der Waals surface area (Å²) in [5.74, 6) is 1.23. The lowest BCUT2D eigenvalue weighted by Crippen LogP contribution is -2.31. The Balaban J connectivity index is 1.40. The number of amides is 2. The third-order valence-electron chi connectivity index (χ3n) is 4.84. The number of rotatable bonds is 10. The van der Waals surface area contributed by atoms with Crippen LogP contribution in [0.3, 0.4) is 0 Å². The van der Waals surface area contributed by atoms with Gasteiger partial charge in [0.15, 0.2) is 0 Å². The summed E-state index contributed by atoms with van der Waals surface area (Å²) in [7, 11) is 3.22. The Labute approximate surface area is 187 Å². The van der Waals surface area contributed by atoms with Crippen LogP contribution in [0.15, 0.2) is 72.8 Å². The van der Waals surface area contributed by atoms with Crippen molar-refractivity contribution < 1.29 is 19.1 Å². The molecule has 3 aromatic rings. The fourth-order valence-corrected chi connectivity index (χ4v) is 3.00. The SMILES string of the molecule is COc1ccc(CCNC(=O)CNc2ccc(C(=O)Nc3ccc(OC)cc3)cc2)cc1. The minimum atomic E-state index is -0.210. The number of benzene rings is 3. The maximum atomic E-state index is 12.4. The van der Waals surface area contributed by atoms with Crippen LogP contribution in [-0.2, 0) is 11.2 Å². The van der Waals surface area contributed by atoms with Crippen molar-refractivity contribution >= 4 is 23.2 Å². The van der Waals surface area contributed by atoms with Crippen molar-refractivity contribution in [1.29, 1.82) is 0 Å². The first-order valence-corrected chi connectivity index (χ1v) is 10.3. The second-order valence-electron chi connectivity index (χ2n) is 7.06. The third-order valence-corrected chi connectivity index (χ3v) is 4.84. The molecule has 166 valence electrons. The number of nitrogens with one attached hydrogen (secondary N) is 3. The van der Waals surface area contributed by atoms with Gasteiger partial charge in [-0.3, -0.25) is 9.59 Å². The van der Waals surface area contributed by atoms with Crippen molar-refractivity contribution in [3.8, 4) is 11.5 Å². The Hall–Kier alpha value is -4.00. The molecule has 3 N–H and O–H groups in total. The van der Waals surface area contributed by atoms with Crippen molar-refractivity contribution in [2.75, 3.05) is 37.9 Å². The fourth-order valence-electron chi connectivity index (χ4n) is 3.00. The Bertz CT molecular complexity index is 1020. The third kappa shape index (κ3) is 6.77. The number of carbonyl (C=O) groups is 2. The molecule has 7 nitrogen and oxygen atoms in total. The molecule has 7 heteroatoms. The van der Waals surface area contributed by atoms with Crippen molar-refractivity contribution in [2.24, 2.45) is 0 Å². The zero-order chi connectivity index (χ0) is 22.8. The molecule has 0 atom stereocenters. The zero-order valence-corrected chi connectivity index (χ0v) is 18.2. The zero-order valence-electron chi connectivity index (χ0n) is 18.2. The lowest BCUT2D eigenvalue weighted by atomic mass is 10.1. The van der Waals surface area contributed by atoms with E-state index in [0.29, 0.717) is 17.8 Å². The van der Waals surface area contributed by atoms with Gasteiger partial charge < -0.3 is 25.4 Å². The molecule has 0 aliphatic rings. The monoisotopic (exact) mass is 433 g/mol. The van der Waals surface area contributed by atoms with Crippen LogP contribution in [0, 0.1) is 0 Å². The van der Waals surface area contributed by atoms with Crippen LogP contribution in [0.5, 0.6) is 11.5 Å². The highest BCUT2D eigenvalue weighted by Gasteiger charge is 2.07. The molecule has 0 saturated carbocycles. The van der Waals surface area contributed by atoms with Gasteiger partial charge in [-0.15, -0.1) is 0 Å². The smallest absolute Gasteiger partial charge is 0.255 e. The lowest BCUT2D eigenvalue weighted by molar-refractivity contribution is -0.119. The standard InChI is InChI=1S/C25H27N3O4/c1-31-22-11-3-18(4-12-22)15-16-26-24(29)17-27-20-7-5-19(6-8-20)25(30)28-21-9-13-23(32-2)14-10-21/h3-14,27H,15-17H2,1-2H3,(H,26,29)(H,28,30). The van der Waals surface area contributed by atoms with E-state index in [1.54, 1.807) is 62.8 Å². The van der Waals surface area contributed by atoms with E-state index in [1.807, 2.05) is 24.3 Å². The number of carbonyl (C=O) groups excluding carboxylic acids is 2. The number of methoxy groups -OCH3 is 2. The van der Waals surface area contributed by atoms with Crippen molar-refractivity contribution in [3.63, 3.8) is 0 Å². The van der Waals surface area contributed by atoms with E-state index >= 15 is 0 Å². The number of anilines is 2. The second-order valence-corrected chi connectivity index (χ2v) is 7.06. The molecule has 32 heavy (non-hydrogen) atoms. The molecule has 0 heterocycles. The molecule has 0 fully saturated rings. The molecular weight excluding hydrogens is 406 g/mol. The predicted octanol–water partition coefficient (Wildman–Crippen LogP) is 3.73. The van der Waals surface area contributed by atoms with Crippen molar-refractivity contribution in [2.45, 2.75) is 6.42 Å². The summed E-state index contributed by atoms with van der Waals surface area (Å²) in [5, 5.41) is 8.79. The maximum Gasteiger partial charge on any atom is 0.255 e. The van der Waals surface area contributed by atoms with Gasteiger partial charge in [-0.25, -0.2) is 0 Å². The van der Waals surface area contributed by atoms with Gasteiger partial charge in [0.05, 0.1) is 20.8 Å². The first kappa shape index (κ1) is 22.7. The normalized spacial score (nSPS) is 10.2. The molecule has 3 aromatic carbocycles. The predicted molar refractivity (Wildman–Crippen MR) is 126 cm³/mol. The molecular formula is C25H27N3O4. The van der Waals surface area contributed by atoms with Gasteiger partial charge >= 0.3 is 0 Å². The van der Waals surface area contributed by atoms with Crippen LogP contribution < -0.4 is 25.4 Å². The van der Waals surface area contributed by atoms with Crippen LogP contribution >= 0.6 is 0 Å². The van der Waals surface area contributed by atoms with Crippen LogP contribution in [0.2, 0.25) is 0 Å². The van der Waals surface area contributed by atoms with E-state index in [0.717, 1.165) is 29.2 Å². The number of ether oxygens (including phenoxy) is 2. The largest absolute Gasteiger partial charge is 0.497 e. The minimum Gasteiger partial charge on any atom is -0.497 e.